The van der Waals surface area contributed by atoms with Gasteiger partial charge in [-0.15, -0.1) is 0 Å². The maximum Gasteiger partial charge on any atom is 0.450 e. The molecule has 1 aromatic carbocycles. The maximum atomic E-state index is 13.8. The number of nitrogens with zero attached hydrogens (tertiary/aromatic N) is 1. The highest BCUT2D eigenvalue weighted by Crippen LogP contribution is 2.54. The molecular formula is C20H18F3NO6. The number of benzene rings is 1. The van der Waals surface area contributed by atoms with Gasteiger partial charge in [-0.1, -0.05) is 26.0 Å². The van der Waals surface area contributed by atoms with Crippen molar-refractivity contribution in [2.75, 3.05) is 0 Å². The Morgan fingerprint density at radius 3 is 2.40 bits per heavy atom. The van der Waals surface area contributed by atoms with E-state index in [0.29, 0.717) is 0 Å². The van der Waals surface area contributed by atoms with Gasteiger partial charge in [0.15, 0.2) is 5.78 Å². The van der Waals surface area contributed by atoms with Crippen LogP contribution in [0.25, 0.3) is 0 Å². The van der Waals surface area contributed by atoms with E-state index < -0.39 is 50.7 Å². The van der Waals surface area contributed by atoms with Crippen molar-refractivity contribution in [1.29, 1.82) is 0 Å². The third-order valence-corrected chi connectivity index (χ3v) is 5.39. The van der Waals surface area contributed by atoms with Crippen LogP contribution in [-0.4, -0.2) is 28.0 Å². The Hall–Kier alpha value is -3.17. The molecule has 0 saturated heterocycles. The van der Waals surface area contributed by atoms with E-state index in [0.717, 1.165) is 19.1 Å². The van der Waals surface area contributed by atoms with Gasteiger partial charge in [-0.25, -0.2) is 4.79 Å². The molecule has 30 heavy (non-hydrogen) atoms. The van der Waals surface area contributed by atoms with Crippen molar-refractivity contribution in [3.8, 4) is 0 Å². The summed E-state index contributed by atoms with van der Waals surface area (Å²) < 4.78 is 46.4. The molecule has 160 valence electrons. The lowest BCUT2D eigenvalue weighted by Gasteiger charge is -2.43. The quantitative estimate of drug-likeness (QED) is 0.567. The lowest BCUT2D eigenvalue weighted by molar-refractivity contribution is -0.385. The van der Waals surface area contributed by atoms with Gasteiger partial charge in [0.05, 0.1) is 15.9 Å². The average Bonchev–Trinajstić information content (AvgIpc) is 2.58. The van der Waals surface area contributed by atoms with Crippen molar-refractivity contribution < 1.29 is 37.5 Å². The van der Waals surface area contributed by atoms with Gasteiger partial charge in [0.1, 0.15) is 5.76 Å². The van der Waals surface area contributed by atoms with E-state index in [1.54, 1.807) is 13.8 Å². The summed E-state index contributed by atoms with van der Waals surface area (Å²) in [4.78, 5) is 35.5. The van der Waals surface area contributed by atoms with E-state index in [-0.39, 0.29) is 29.7 Å². The molecule has 0 saturated carbocycles. The summed E-state index contributed by atoms with van der Waals surface area (Å²) in [7, 11) is 0. The molecule has 1 heterocycles. The number of nitro groups is 1. The fourth-order valence-corrected chi connectivity index (χ4v) is 4.16. The molecular weight excluding hydrogens is 407 g/mol. The Kier molecular flexibility index (Phi) is 4.79. The predicted molar refractivity (Wildman–Crippen MR) is 97.3 cm³/mol. The van der Waals surface area contributed by atoms with Crippen LogP contribution >= 0.6 is 0 Å². The van der Waals surface area contributed by atoms with Crippen LogP contribution in [0.4, 0.5) is 18.9 Å². The number of alkyl halides is 3. The molecule has 0 radical (unpaired) electrons. The van der Waals surface area contributed by atoms with Crippen molar-refractivity contribution in [3.63, 3.8) is 0 Å². The molecule has 1 atom stereocenters. The summed E-state index contributed by atoms with van der Waals surface area (Å²) >= 11 is 0. The van der Waals surface area contributed by atoms with Crippen LogP contribution in [0.1, 0.15) is 39.2 Å². The number of aliphatic carboxylic acids is 1. The van der Waals surface area contributed by atoms with Crippen molar-refractivity contribution in [2.45, 2.75) is 45.2 Å². The summed E-state index contributed by atoms with van der Waals surface area (Å²) in [6, 6.07) is 4.62. The van der Waals surface area contributed by atoms with Gasteiger partial charge in [0, 0.05) is 30.5 Å². The van der Waals surface area contributed by atoms with E-state index >= 15 is 0 Å². The second-order valence-electron chi connectivity index (χ2n) is 8.28. The van der Waals surface area contributed by atoms with Gasteiger partial charge in [-0.3, -0.25) is 14.9 Å². The Balaban J connectivity index is 2.42. The number of ketones is 1. The lowest BCUT2D eigenvalue weighted by Crippen LogP contribution is -2.45. The maximum absolute atomic E-state index is 13.8. The largest absolute Gasteiger partial charge is 0.478 e. The van der Waals surface area contributed by atoms with Crippen molar-refractivity contribution in [1.82, 2.24) is 0 Å². The SMILES string of the molecule is CC1(C)CC(=O)C2=C(C1)OC(C(F)(F)F)=C(C(=O)O)C2(C)c1cccc([N+](=O)[O-])c1. The zero-order valence-corrected chi connectivity index (χ0v) is 16.3. The molecule has 7 nitrogen and oxygen atoms in total. The highest BCUT2D eigenvalue weighted by atomic mass is 19.4. The lowest BCUT2D eigenvalue weighted by atomic mass is 9.62. The first kappa shape index (κ1) is 21.5. The molecule has 0 spiro atoms. The van der Waals surface area contributed by atoms with Crippen LogP contribution < -0.4 is 0 Å². The zero-order chi connectivity index (χ0) is 22.6. The molecule has 0 bridgehead atoms. The molecule has 2 aliphatic rings. The first-order valence-electron chi connectivity index (χ1n) is 8.93. The predicted octanol–water partition coefficient (Wildman–Crippen LogP) is 4.43. The minimum Gasteiger partial charge on any atom is -0.478 e. The molecule has 1 aromatic rings. The Morgan fingerprint density at radius 1 is 1.23 bits per heavy atom. The number of Topliss-reactive ketones (excluding diaryl/α,β-unsaturated/α-hetero) is 1. The number of carboxylic acid groups (broad SMARTS) is 1. The summed E-state index contributed by atoms with van der Waals surface area (Å²) in [5.74, 6) is -4.48. The second-order valence-corrected chi connectivity index (χ2v) is 8.28. The van der Waals surface area contributed by atoms with E-state index in [9.17, 15) is 38.0 Å². The third-order valence-electron chi connectivity index (χ3n) is 5.39. The fraction of sp³-hybridized carbons (Fsp3) is 0.400. The number of nitro benzene ring substituents is 1. The van der Waals surface area contributed by atoms with Crippen LogP contribution in [0.5, 0.6) is 0 Å². The number of carbonyl (C=O) groups excluding carboxylic acids is 1. The van der Waals surface area contributed by atoms with E-state index in [4.69, 9.17) is 4.74 Å². The standard InChI is InChI=1S/C20H18F3NO6/c1-18(2)8-12(25)14-13(9-18)30-16(20(21,22)23)15(17(26)27)19(14,3)10-5-4-6-11(7-10)24(28)29/h4-7H,8-9H2,1-3H3,(H,26,27). The van der Waals surface area contributed by atoms with Gasteiger partial charge < -0.3 is 9.84 Å². The molecule has 1 N–H and O–H groups in total. The highest BCUT2D eigenvalue weighted by molar-refractivity contribution is 6.05. The Labute approximate surface area is 169 Å². The van der Waals surface area contributed by atoms with E-state index in [1.165, 1.54) is 12.1 Å². The van der Waals surface area contributed by atoms with Gasteiger partial charge >= 0.3 is 12.1 Å². The van der Waals surface area contributed by atoms with Gasteiger partial charge in [-0.05, 0) is 17.9 Å². The van der Waals surface area contributed by atoms with Gasteiger partial charge in [0.2, 0.25) is 5.76 Å². The Bertz CT molecular complexity index is 1040. The molecule has 3 rings (SSSR count). The molecule has 0 amide bonds. The number of carboxylic acids is 1. The van der Waals surface area contributed by atoms with Crippen LogP contribution in [0.2, 0.25) is 0 Å². The zero-order valence-electron chi connectivity index (χ0n) is 16.3. The fourth-order valence-electron chi connectivity index (χ4n) is 4.16. The molecule has 1 aliphatic heterocycles. The smallest absolute Gasteiger partial charge is 0.450 e. The summed E-state index contributed by atoms with van der Waals surface area (Å²) in [5.41, 5.74) is -4.74. The van der Waals surface area contributed by atoms with Crippen LogP contribution in [0.15, 0.2) is 46.9 Å². The minimum absolute atomic E-state index is 0.0227. The van der Waals surface area contributed by atoms with Gasteiger partial charge in [0.25, 0.3) is 5.69 Å². The van der Waals surface area contributed by atoms with E-state index in [1.807, 2.05) is 0 Å². The topological polar surface area (TPSA) is 107 Å². The minimum atomic E-state index is -5.15. The van der Waals surface area contributed by atoms with Crippen LogP contribution in [-0.2, 0) is 19.7 Å². The van der Waals surface area contributed by atoms with Crippen LogP contribution in [0.3, 0.4) is 0 Å². The highest BCUT2D eigenvalue weighted by Gasteiger charge is 2.57. The first-order valence-corrected chi connectivity index (χ1v) is 8.93. The summed E-state index contributed by atoms with van der Waals surface area (Å²) in [6.07, 6.45) is -5.21. The van der Waals surface area contributed by atoms with Crippen molar-refractivity contribution >= 4 is 17.4 Å². The third kappa shape index (κ3) is 3.35. The number of rotatable bonds is 3. The van der Waals surface area contributed by atoms with E-state index in [2.05, 4.69) is 0 Å². The number of hydrogen-bond donors (Lipinski definition) is 1. The van der Waals surface area contributed by atoms with Gasteiger partial charge in [-0.2, -0.15) is 13.2 Å². The molecule has 0 aromatic heterocycles. The van der Waals surface area contributed by atoms with Crippen LogP contribution in [0, 0.1) is 15.5 Å². The number of allylic oxidation sites excluding steroid dienone is 3. The number of halogens is 3. The first-order chi connectivity index (χ1) is 13.7. The average molecular weight is 425 g/mol. The number of carbonyl (C=O) groups is 2. The summed E-state index contributed by atoms with van der Waals surface area (Å²) in [6.45, 7) is 4.54. The molecule has 1 unspecified atom stereocenters. The molecule has 0 fully saturated rings. The summed E-state index contributed by atoms with van der Waals surface area (Å²) in [5, 5.41) is 20.9. The molecule has 1 aliphatic carbocycles. The second kappa shape index (κ2) is 6.68. The number of hydrogen-bond acceptors (Lipinski definition) is 5. The Morgan fingerprint density at radius 2 is 1.87 bits per heavy atom. The normalized spacial score (nSPS) is 23.7. The monoisotopic (exact) mass is 425 g/mol. The number of ether oxygens (including phenoxy) is 1. The molecule has 10 heteroatoms. The van der Waals surface area contributed by atoms with Crippen molar-refractivity contribution in [3.05, 3.63) is 62.6 Å². The van der Waals surface area contributed by atoms with Crippen molar-refractivity contribution in [2.24, 2.45) is 5.41 Å². The number of non-ortho nitro benzene ring substituents is 1.